The lowest BCUT2D eigenvalue weighted by Crippen LogP contribution is -2.36. The van der Waals surface area contributed by atoms with Crippen LogP contribution in [0.2, 0.25) is 0 Å². The summed E-state index contributed by atoms with van der Waals surface area (Å²) < 4.78 is 16.9. The van der Waals surface area contributed by atoms with Gasteiger partial charge >= 0.3 is 0 Å². The summed E-state index contributed by atoms with van der Waals surface area (Å²) >= 11 is 0. The van der Waals surface area contributed by atoms with Crippen molar-refractivity contribution in [3.8, 4) is 11.5 Å². The molecule has 1 aromatic heterocycles. The molecule has 0 spiro atoms. The summed E-state index contributed by atoms with van der Waals surface area (Å²) in [6.45, 7) is 9.77. The monoisotopic (exact) mass is 387 g/mol. The van der Waals surface area contributed by atoms with E-state index in [9.17, 15) is 0 Å². The molecule has 0 aliphatic carbocycles. The standard InChI is InChI=1S/C22H33N3O3/c1-17-19-15-21(26-3)22(16-20(19)24-18(2)23-17)28-12-8-6-4-5-7-9-25-10-13-27-14-11-25/h15-16H,4-14H2,1-3H3. The van der Waals surface area contributed by atoms with Gasteiger partial charge in [0, 0.05) is 30.2 Å². The van der Waals surface area contributed by atoms with E-state index in [1.165, 1.54) is 32.2 Å². The number of aromatic nitrogens is 2. The number of hydrogen-bond donors (Lipinski definition) is 0. The average Bonchev–Trinajstić information content (AvgIpc) is 2.70. The Kier molecular flexibility index (Phi) is 7.86. The molecule has 28 heavy (non-hydrogen) atoms. The van der Waals surface area contributed by atoms with Gasteiger partial charge in [0.25, 0.3) is 0 Å². The van der Waals surface area contributed by atoms with Crippen LogP contribution < -0.4 is 9.47 Å². The fraction of sp³-hybridized carbons (Fsp3) is 0.636. The average molecular weight is 388 g/mol. The summed E-state index contributed by atoms with van der Waals surface area (Å²) in [5, 5.41) is 1.01. The Balaban J connectivity index is 1.40. The quantitative estimate of drug-likeness (QED) is 0.576. The number of fused-ring (bicyclic) bond motifs is 1. The summed E-state index contributed by atoms with van der Waals surface area (Å²) in [5.74, 6) is 2.28. The maximum Gasteiger partial charge on any atom is 0.163 e. The largest absolute Gasteiger partial charge is 0.493 e. The minimum absolute atomic E-state index is 0.703. The first-order valence-electron chi connectivity index (χ1n) is 10.4. The van der Waals surface area contributed by atoms with Crippen LogP contribution in [0.5, 0.6) is 11.5 Å². The third kappa shape index (κ3) is 5.79. The molecule has 154 valence electrons. The Morgan fingerprint density at radius 1 is 0.964 bits per heavy atom. The highest BCUT2D eigenvalue weighted by atomic mass is 16.5. The number of hydrogen-bond acceptors (Lipinski definition) is 6. The molecule has 1 fully saturated rings. The first-order valence-corrected chi connectivity index (χ1v) is 10.4. The van der Waals surface area contributed by atoms with Crippen molar-refractivity contribution in [3.63, 3.8) is 0 Å². The predicted molar refractivity (Wildman–Crippen MR) is 111 cm³/mol. The molecule has 0 saturated carbocycles. The van der Waals surface area contributed by atoms with Gasteiger partial charge in [0.1, 0.15) is 5.82 Å². The molecule has 0 unspecified atom stereocenters. The second-order valence-corrected chi connectivity index (χ2v) is 7.45. The number of morpholine rings is 1. The summed E-state index contributed by atoms with van der Waals surface area (Å²) in [5.41, 5.74) is 1.87. The van der Waals surface area contributed by atoms with Crippen LogP contribution in [0.3, 0.4) is 0 Å². The van der Waals surface area contributed by atoms with Gasteiger partial charge in [-0.25, -0.2) is 9.97 Å². The first kappa shape index (κ1) is 20.8. The zero-order valence-corrected chi connectivity index (χ0v) is 17.5. The summed E-state index contributed by atoms with van der Waals surface area (Å²) in [7, 11) is 1.67. The first-order chi connectivity index (χ1) is 13.7. The van der Waals surface area contributed by atoms with Gasteiger partial charge in [0.05, 0.1) is 32.4 Å². The molecular formula is C22H33N3O3. The Bertz CT molecular complexity index is 760. The predicted octanol–water partition coefficient (Wildman–Crippen LogP) is 3.92. The Hall–Kier alpha value is -1.92. The van der Waals surface area contributed by atoms with Crippen LogP contribution in [0, 0.1) is 13.8 Å². The van der Waals surface area contributed by atoms with Crippen molar-refractivity contribution >= 4 is 10.9 Å². The Morgan fingerprint density at radius 3 is 2.50 bits per heavy atom. The van der Waals surface area contributed by atoms with Crippen molar-refractivity contribution in [2.45, 2.75) is 46.0 Å². The lowest BCUT2D eigenvalue weighted by molar-refractivity contribution is 0.0371. The molecule has 2 aromatic rings. The Labute approximate surface area is 168 Å². The summed E-state index contributed by atoms with van der Waals surface area (Å²) in [6, 6.07) is 3.95. The molecule has 1 aliphatic heterocycles. The molecule has 1 saturated heterocycles. The molecule has 2 heterocycles. The van der Waals surface area contributed by atoms with Crippen LogP contribution in [0.15, 0.2) is 12.1 Å². The zero-order valence-electron chi connectivity index (χ0n) is 17.5. The van der Waals surface area contributed by atoms with E-state index in [0.717, 1.165) is 66.6 Å². The number of ether oxygens (including phenoxy) is 3. The van der Waals surface area contributed by atoms with E-state index in [1.54, 1.807) is 7.11 Å². The van der Waals surface area contributed by atoms with Crippen LogP contribution in [-0.4, -0.2) is 61.4 Å². The van der Waals surface area contributed by atoms with Gasteiger partial charge in [-0.1, -0.05) is 19.3 Å². The molecular weight excluding hydrogens is 354 g/mol. The van der Waals surface area contributed by atoms with Crippen LogP contribution >= 0.6 is 0 Å². The fourth-order valence-corrected chi connectivity index (χ4v) is 3.68. The molecule has 6 heteroatoms. The molecule has 3 rings (SSSR count). The topological polar surface area (TPSA) is 56.7 Å². The highest BCUT2D eigenvalue weighted by Gasteiger charge is 2.11. The second-order valence-electron chi connectivity index (χ2n) is 7.45. The van der Waals surface area contributed by atoms with E-state index in [-0.39, 0.29) is 0 Å². The molecule has 6 nitrogen and oxygen atoms in total. The van der Waals surface area contributed by atoms with Crippen molar-refractivity contribution < 1.29 is 14.2 Å². The van der Waals surface area contributed by atoms with Gasteiger partial charge in [-0.3, -0.25) is 4.90 Å². The van der Waals surface area contributed by atoms with E-state index in [1.807, 2.05) is 26.0 Å². The van der Waals surface area contributed by atoms with Crippen LogP contribution in [0.1, 0.15) is 43.6 Å². The third-order valence-corrected chi connectivity index (χ3v) is 5.26. The highest BCUT2D eigenvalue weighted by molar-refractivity contribution is 5.84. The zero-order chi connectivity index (χ0) is 19.8. The molecule has 0 bridgehead atoms. The van der Waals surface area contributed by atoms with Gasteiger partial charge < -0.3 is 14.2 Å². The van der Waals surface area contributed by atoms with Crippen LogP contribution in [-0.2, 0) is 4.74 Å². The number of rotatable bonds is 10. The van der Waals surface area contributed by atoms with E-state index in [2.05, 4.69) is 14.9 Å². The maximum absolute atomic E-state index is 6.01. The lowest BCUT2D eigenvalue weighted by Gasteiger charge is -2.26. The van der Waals surface area contributed by atoms with Crippen molar-refractivity contribution in [2.75, 3.05) is 46.6 Å². The number of nitrogens with zero attached hydrogens (tertiary/aromatic N) is 3. The van der Waals surface area contributed by atoms with E-state index in [4.69, 9.17) is 14.2 Å². The molecule has 0 atom stereocenters. The number of benzene rings is 1. The van der Waals surface area contributed by atoms with Crippen molar-refractivity contribution in [3.05, 3.63) is 23.7 Å². The molecule has 0 N–H and O–H groups in total. The number of methoxy groups -OCH3 is 1. The number of aryl methyl sites for hydroxylation is 2. The minimum atomic E-state index is 0.703. The fourth-order valence-electron chi connectivity index (χ4n) is 3.68. The highest BCUT2D eigenvalue weighted by Crippen LogP contribution is 2.32. The van der Waals surface area contributed by atoms with E-state index >= 15 is 0 Å². The van der Waals surface area contributed by atoms with Gasteiger partial charge in [0.15, 0.2) is 11.5 Å². The SMILES string of the molecule is COc1cc2c(C)nc(C)nc2cc1OCCCCCCCN1CCOCC1. The summed E-state index contributed by atoms with van der Waals surface area (Å²) in [6.07, 6.45) is 6.07. The molecule has 0 radical (unpaired) electrons. The van der Waals surface area contributed by atoms with Crippen molar-refractivity contribution in [1.29, 1.82) is 0 Å². The van der Waals surface area contributed by atoms with E-state index < -0.39 is 0 Å². The molecule has 0 amide bonds. The van der Waals surface area contributed by atoms with Crippen molar-refractivity contribution in [2.24, 2.45) is 0 Å². The van der Waals surface area contributed by atoms with Gasteiger partial charge in [-0.15, -0.1) is 0 Å². The van der Waals surface area contributed by atoms with Gasteiger partial charge in [-0.05, 0) is 39.3 Å². The van der Waals surface area contributed by atoms with Gasteiger partial charge in [0.2, 0.25) is 0 Å². The van der Waals surface area contributed by atoms with Crippen molar-refractivity contribution in [1.82, 2.24) is 14.9 Å². The lowest BCUT2D eigenvalue weighted by atomic mass is 10.1. The molecule has 1 aromatic carbocycles. The smallest absolute Gasteiger partial charge is 0.163 e. The van der Waals surface area contributed by atoms with Gasteiger partial charge in [-0.2, -0.15) is 0 Å². The normalized spacial score (nSPS) is 15.1. The van der Waals surface area contributed by atoms with Crippen LogP contribution in [0.4, 0.5) is 0 Å². The van der Waals surface area contributed by atoms with E-state index in [0.29, 0.717) is 6.61 Å². The maximum atomic E-state index is 6.01. The molecule has 1 aliphatic rings. The number of unbranched alkanes of at least 4 members (excludes halogenated alkanes) is 4. The second kappa shape index (κ2) is 10.6. The Morgan fingerprint density at radius 2 is 1.71 bits per heavy atom. The summed E-state index contributed by atoms with van der Waals surface area (Å²) in [4.78, 5) is 11.5. The minimum Gasteiger partial charge on any atom is -0.493 e. The van der Waals surface area contributed by atoms with Crippen LogP contribution in [0.25, 0.3) is 10.9 Å². The third-order valence-electron chi connectivity index (χ3n) is 5.26.